The smallest absolute Gasteiger partial charge is 0.266 e. The highest BCUT2D eigenvalue weighted by Gasteiger charge is 2.26. The largest absolute Gasteiger partial charge is 0.355 e. The summed E-state index contributed by atoms with van der Waals surface area (Å²) in [5.74, 6) is 0.467. The van der Waals surface area contributed by atoms with Gasteiger partial charge in [0.15, 0.2) is 0 Å². The van der Waals surface area contributed by atoms with E-state index in [1.54, 1.807) is 0 Å². The minimum Gasteiger partial charge on any atom is -0.355 e. The summed E-state index contributed by atoms with van der Waals surface area (Å²) in [5.41, 5.74) is 2.73. The second-order valence-corrected chi connectivity index (χ2v) is 9.83. The zero-order valence-electron chi connectivity index (χ0n) is 17.8. The molecule has 0 heterocycles. The molecule has 0 saturated heterocycles. The molecule has 0 aromatic heterocycles. The van der Waals surface area contributed by atoms with Gasteiger partial charge in [0.2, 0.25) is 5.91 Å². The first kappa shape index (κ1) is 24.6. The topological polar surface area (TPSA) is 83.5 Å². The van der Waals surface area contributed by atoms with Crippen molar-refractivity contribution in [1.29, 1.82) is 0 Å². The van der Waals surface area contributed by atoms with Crippen LogP contribution in [-0.2, 0) is 14.9 Å². The number of rotatable bonds is 10. The molecular formula is C22H37NO4S. The van der Waals surface area contributed by atoms with Gasteiger partial charge in [0.25, 0.3) is 10.1 Å². The van der Waals surface area contributed by atoms with E-state index in [4.69, 9.17) is 4.55 Å². The Bertz CT molecular complexity index is 679. The third kappa shape index (κ3) is 10.8. The van der Waals surface area contributed by atoms with Crippen LogP contribution in [-0.4, -0.2) is 31.2 Å². The van der Waals surface area contributed by atoms with Crippen molar-refractivity contribution in [2.75, 3.05) is 12.3 Å². The fourth-order valence-corrected chi connectivity index (χ4v) is 3.88. The number of hydrogen-bond acceptors (Lipinski definition) is 3. The number of amides is 1. The van der Waals surface area contributed by atoms with Crippen molar-refractivity contribution in [1.82, 2.24) is 5.32 Å². The van der Waals surface area contributed by atoms with Crippen LogP contribution in [0.2, 0.25) is 0 Å². The first-order valence-electron chi connectivity index (χ1n) is 10.3. The van der Waals surface area contributed by atoms with Crippen LogP contribution < -0.4 is 5.32 Å². The van der Waals surface area contributed by atoms with Gasteiger partial charge in [-0.05, 0) is 71.1 Å². The van der Waals surface area contributed by atoms with Crippen molar-refractivity contribution in [2.24, 2.45) is 17.8 Å². The Morgan fingerprint density at radius 2 is 1.75 bits per heavy atom. The fourth-order valence-electron chi connectivity index (χ4n) is 3.52. The minimum absolute atomic E-state index is 0.0346. The molecule has 0 aromatic carbocycles. The predicted octanol–water partition coefficient (Wildman–Crippen LogP) is 4.68. The molecule has 1 saturated carbocycles. The zero-order chi connectivity index (χ0) is 21.2. The highest BCUT2D eigenvalue weighted by Crippen LogP contribution is 2.33. The van der Waals surface area contributed by atoms with Crippen molar-refractivity contribution in [2.45, 2.75) is 66.2 Å². The van der Waals surface area contributed by atoms with Crippen LogP contribution in [0.1, 0.15) is 66.2 Å². The fraction of sp³-hybridized carbons (Fsp3) is 0.682. The first-order valence-corrected chi connectivity index (χ1v) is 11.9. The van der Waals surface area contributed by atoms with E-state index in [2.05, 4.69) is 57.3 Å². The van der Waals surface area contributed by atoms with Gasteiger partial charge >= 0.3 is 0 Å². The van der Waals surface area contributed by atoms with Crippen LogP contribution in [0.4, 0.5) is 0 Å². The molecule has 1 atom stereocenters. The molecule has 0 radical (unpaired) electrons. The van der Waals surface area contributed by atoms with E-state index < -0.39 is 15.9 Å². The summed E-state index contributed by atoms with van der Waals surface area (Å²) in [5, 5.41) is 2.62. The lowest BCUT2D eigenvalue weighted by molar-refractivity contribution is -0.126. The van der Waals surface area contributed by atoms with Crippen molar-refractivity contribution in [3.8, 4) is 0 Å². The zero-order valence-corrected chi connectivity index (χ0v) is 18.6. The van der Waals surface area contributed by atoms with Crippen LogP contribution in [0.15, 0.2) is 35.5 Å². The SMILES string of the molecule is CC(C)=CCCC(C)C=CC=C(C)C1CCC(C(=O)NCCS(=O)(=O)O)CC1. The molecule has 0 bridgehead atoms. The third-order valence-electron chi connectivity index (χ3n) is 5.37. The summed E-state index contributed by atoms with van der Waals surface area (Å²) >= 11 is 0. The highest BCUT2D eigenvalue weighted by atomic mass is 32.2. The Morgan fingerprint density at radius 1 is 1.14 bits per heavy atom. The molecule has 1 rings (SSSR count). The second kappa shape index (κ2) is 12.2. The first-order chi connectivity index (χ1) is 13.1. The van der Waals surface area contributed by atoms with Gasteiger partial charge in [-0.15, -0.1) is 0 Å². The monoisotopic (exact) mass is 411 g/mol. The Labute approximate surface area is 171 Å². The van der Waals surface area contributed by atoms with Crippen molar-refractivity contribution >= 4 is 16.0 Å². The van der Waals surface area contributed by atoms with Gasteiger partial charge in [-0.2, -0.15) is 8.42 Å². The number of carbonyl (C=O) groups excluding carboxylic acids is 1. The maximum atomic E-state index is 12.1. The van der Waals surface area contributed by atoms with E-state index >= 15 is 0 Å². The van der Waals surface area contributed by atoms with Crippen molar-refractivity contribution < 1.29 is 17.8 Å². The summed E-state index contributed by atoms with van der Waals surface area (Å²) in [6.07, 6.45) is 14.8. The average Bonchev–Trinajstić information content (AvgIpc) is 2.60. The maximum Gasteiger partial charge on any atom is 0.266 e. The molecule has 0 spiro atoms. The van der Waals surface area contributed by atoms with Crippen LogP contribution in [0.3, 0.4) is 0 Å². The van der Waals surface area contributed by atoms with Crippen LogP contribution >= 0.6 is 0 Å². The van der Waals surface area contributed by atoms with E-state index in [-0.39, 0.29) is 18.4 Å². The predicted molar refractivity (Wildman–Crippen MR) is 116 cm³/mol. The second-order valence-electron chi connectivity index (χ2n) is 8.26. The lowest BCUT2D eigenvalue weighted by Gasteiger charge is -2.28. The van der Waals surface area contributed by atoms with Crippen LogP contribution in [0.25, 0.3) is 0 Å². The molecule has 6 heteroatoms. The number of allylic oxidation sites excluding steroid dienone is 6. The van der Waals surface area contributed by atoms with Gasteiger partial charge < -0.3 is 5.32 Å². The van der Waals surface area contributed by atoms with Gasteiger partial charge in [0.05, 0.1) is 5.75 Å². The Balaban J connectivity index is 2.37. The number of nitrogens with one attached hydrogen (secondary N) is 1. The molecule has 160 valence electrons. The lowest BCUT2D eigenvalue weighted by atomic mass is 9.78. The molecule has 5 nitrogen and oxygen atoms in total. The molecule has 1 aliphatic carbocycles. The molecule has 0 aliphatic heterocycles. The van der Waals surface area contributed by atoms with E-state index in [1.807, 2.05) is 0 Å². The summed E-state index contributed by atoms with van der Waals surface area (Å²) in [6, 6.07) is 0. The molecular weight excluding hydrogens is 374 g/mol. The standard InChI is InChI=1S/C22H37NO4S/c1-17(2)7-5-8-18(3)9-6-10-19(4)20-11-13-21(14-12-20)22(24)23-15-16-28(25,26)27/h6-7,9-10,18,20-21H,5,8,11-16H2,1-4H3,(H,23,24)(H,25,26,27). The average molecular weight is 412 g/mol. The molecule has 0 aromatic rings. The molecule has 2 N–H and O–H groups in total. The van der Waals surface area contributed by atoms with E-state index in [1.165, 1.54) is 11.1 Å². The molecule has 28 heavy (non-hydrogen) atoms. The van der Waals surface area contributed by atoms with E-state index in [0.717, 1.165) is 38.5 Å². The summed E-state index contributed by atoms with van der Waals surface area (Å²) < 4.78 is 30.1. The van der Waals surface area contributed by atoms with Crippen molar-refractivity contribution in [3.05, 3.63) is 35.5 Å². The summed E-state index contributed by atoms with van der Waals surface area (Å²) in [7, 11) is -4.03. The Morgan fingerprint density at radius 3 is 2.32 bits per heavy atom. The van der Waals surface area contributed by atoms with Gasteiger partial charge in [-0.1, -0.05) is 42.4 Å². The Hall–Kier alpha value is -1.40. The quantitative estimate of drug-likeness (QED) is 0.310. The van der Waals surface area contributed by atoms with Gasteiger partial charge in [0.1, 0.15) is 0 Å². The van der Waals surface area contributed by atoms with Crippen LogP contribution in [0.5, 0.6) is 0 Å². The highest BCUT2D eigenvalue weighted by molar-refractivity contribution is 7.85. The minimum atomic E-state index is -4.03. The third-order valence-corrected chi connectivity index (χ3v) is 6.09. The van der Waals surface area contributed by atoms with E-state index in [9.17, 15) is 13.2 Å². The normalized spacial score (nSPS) is 22.1. The summed E-state index contributed by atoms with van der Waals surface area (Å²) in [4.78, 5) is 12.1. The lowest BCUT2D eigenvalue weighted by Crippen LogP contribution is -2.36. The van der Waals surface area contributed by atoms with Gasteiger partial charge in [0, 0.05) is 12.5 Å². The van der Waals surface area contributed by atoms with Crippen LogP contribution in [0, 0.1) is 17.8 Å². The van der Waals surface area contributed by atoms with E-state index in [0.29, 0.717) is 11.8 Å². The molecule has 1 amide bonds. The number of carbonyl (C=O) groups is 1. The summed E-state index contributed by atoms with van der Waals surface area (Å²) in [6.45, 7) is 8.63. The molecule has 1 fully saturated rings. The number of hydrogen-bond donors (Lipinski definition) is 2. The van der Waals surface area contributed by atoms with Gasteiger partial charge in [-0.25, -0.2) is 0 Å². The van der Waals surface area contributed by atoms with Crippen molar-refractivity contribution in [3.63, 3.8) is 0 Å². The molecule has 1 aliphatic rings. The Kier molecular flexibility index (Phi) is 10.8. The molecule has 1 unspecified atom stereocenters. The maximum absolute atomic E-state index is 12.1. The van der Waals surface area contributed by atoms with Gasteiger partial charge in [-0.3, -0.25) is 9.35 Å².